The number of hydrogen-bond acceptors (Lipinski definition) is 5. The Morgan fingerprint density at radius 2 is 1.25 bits per heavy atom. The highest BCUT2D eigenvalue weighted by Gasteiger charge is 2.29. The number of nitrogens with zero attached hydrogens (tertiary/aromatic N) is 2. The van der Waals surface area contributed by atoms with E-state index >= 15 is 0 Å². The molecule has 1 heterocycles. The van der Waals surface area contributed by atoms with Crippen LogP contribution in [0.25, 0.3) is 0 Å². The molecule has 3 unspecified atom stereocenters. The Hall–Kier alpha value is -1.85. The van der Waals surface area contributed by atoms with Crippen molar-refractivity contribution in [3.8, 4) is 0 Å². The molecule has 232 valence electrons. The van der Waals surface area contributed by atoms with Crippen LogP contribution < -0.4 is 0 Å². The summed E-state index contributed by atoms with van der Waals surface area (Å²) in [5, 5.41) is 0. The maximum Gasteiger partial charge on any atom is 0.329 e. The summed E-state index contributed by atoms with van der Waals surface area (Å²) in [4.78, 5) is 30.9. The number of aromatic nitrogens is 2. The number of esters is 2. The summed E-state index contributed by atoms with van der Waals surface area (Å²) in [6, 6.07) is -0.733. The predicted molar refractivity (Wildman–Crippen MR) is 165 cm³/mol. The molecule has 1 rings (SSSR count). The quantitative estimate of drug-likeness (QED) is 0.0830. The van der Waals surface area contributed by atoms with Crippen molar-refractivity contribution in [3.63, 3.8) is 0 Å². The Morgan fingerprint density at radius 1 is 0.725 bits per heavy atom. The van der Waals surface area contributed by atoms with Gasteiger partial charge in [0.1, 0.15) is 11.9 Å². The van der Waals surface area contributed by atoms with Crippen LogP contribution in [-0.4, -0.2) is 34.7 Å². The molecule has 0 radical (unpaired) electrons. The first-order valence-electron chi connectivity index (χ1n) is 16.8. The van der Waals surface area contributed by atoms with Crippen molar-refractivity contribution in [3.05, 3.63) is 18.2 Å². The molecule has 6 nitrogen and oxygen atoms in total. The minimum atomic E-state index is -0.733. The Balaban J connectivity index is 2.78. The third-order valence-electron chi connectivity index (χ3n) is 8.25. The van der Waals surface area contributed by atoms with Gasteiger partial charge in [0.25, 0.3) is 0 Å². The van der Waals surface area contributed by atoms with E-state index in [1.807, 2.05) is 10.8 Å². The standard InChI is InChI=1S/C34H62N2O4/c1-6-11-14-15-16-17-18-19-20-23-32-35-24-25-36(32)31(34(38)40-28-30(10-5)22-13-8-3)26-33(37)39-27-29(9-4)21-12-7-2/h24-25,29-31H,6-23,26-28H2,1-5H3. The summed E-state index contributed by atoms with van der Waals surface area (Å²) in [7, 11) is 0. The molecule has 0 aliphatic carbocycles. The molecular formula is C34H62N2O4. The molecule has 1 aromatic heterocycles. The summed E-state index contributed by atoms with van der Waals surface area (Å²) in [6.45, 7) is 11.7. The van der Waals surface area contributed by atoms with Crippen LogP contribution in [0.3, 0.4) is 0 Å². The van der Waals surface area contributed by atoms with Crippen molar-refractivity contribution in [2.45, 2.75) is 163 Å². The van der Waals surface area contributed by atoms with Gasteiger partial charge < -0.3 is 14.0 Å². The molecule has 0 amide bonds. The predicted octanol–water partition coefficient (Wildman–Crippen LogP) is 9.41. The fraction of sp³-hybridized carbons (Fsp3) is 0.853. The van der Waals surface area contributed by atoms with E-state index in [0.717, 1.165) is 76.5 Å². The minimum Gasteiger partial charge on any atom is -0.465 e. The average molecular weight is 563 g/mol. The van der Waals surface area contributed by atoms with Gasteiger partial charge in [-0.2, -0.15) is 0 Å². The van der Waals surface area contributed by atoms with Crippen LogP contribution in [0, 0.1) is 11.8 Å². The van der Waals surface area contributed by atoms with E-state index in [4.69, 9.17) is 9.47 Å². The van der Waals surface area contributed by atoms with Gasteiger partial charge in [0.2, 0.25) is 0 Å². The minimum absolute atomic E-state index is 0.0179. The number of unbranched alkanes of at least 4 members (excludes halogenated alkanes) is 10. The third kappa shape index (κ3) is 15.8. The van der Waals surface area contributed by atoms with E-state index in [-0.39, 0.29) is 18.4 Å². The molecule has 0 spiro atoms. The van der Waals surface area contributed by atoms with Gasteiger partial charge in [0.05, 0.1) is 19.6 Å². The largest absolute Gasteiger partial charge is 0.465 e. The van der Waals surface area contributed by atoms with Crippen molar-refractivity contribution in [2.75, 3.05) is 13.2 Å². The van der Waals surface area contributed by atoms with E-state index in [0.29, 0.717) is 25.0 Å². The van der Waals surface area contributed by atoms with Gasteiger partial charge in [0, 0.05) is 18.8 Å². The van der Waals surface area contributed by atoms with Crippen LogP contribution in [-0.2, 0) is 25.5 Å². The lowest BCUT2D eigenvalue weighted by atomic mass is 10.0. The number of hydrogen-bond donors (Lipinski definition) is 0. The van der Waals surface area contributed by atoms with Crippen LogP contribution in [0.1, 0.15) is 162 Å². The molecule has 1 aromatic rings. The van der Waals surface area contributed by atoms with Crippen molar-refractivity contribution < 1.29 is 19.1 Å². The number of carbonyl (C=O) groups is 2. The van der Waals surface area contributed by atoms with Crippen molar-refractivity contribution >= 4 is 11.9 Å². The second-order valence-electron chi connectivity index (χ2n) is 11.7. The molecule has 0 fully saturated rings. The molecule has 40 heavy (non-hydrogen) atoms. The van der Waals surface area contributed by atoms with E-state index < -0.39 is 6.04 Å². The molecule has 0 N–H and O–H groups in total. The Kier molecular flexibility index (Phi) is 21.5. The lowest BCUT2D eigenvalue weighted by Gasteiger charge is -2.22. The maximum atomic E-state index is 13.4. The van der Waals surface area contributed by atoms with E-state index in [9.17, 15) is 9.59 Å². The number of ether oxygens (including phenoxy) is 2. The second kappa shape index (κ2) is 23.8. The Bertz CT molecular complexity index is 763. The Labute approximate surface area is 246 Å². The number of carbonyl (C=O) groups excluding carboxylic acids is 2. The second-order valence-corrected chi connectivity index (χ2v) is 11.7. The smallest absolute Gasteiger partial charge is 0.329 e. The zero-order valence-corrected chi connectivity index (χ0v) is 26.8. The summed E-state index contributed by atoms with van der Waals surface area (Å²) in [6.07, 6.45) is 24.3. The topological polar surface area (TPSA) is 70.4 Å². The van der Waals surface area contributed by atoms with E-state index in [1.54, 1.807) is 6.20 Å². The summed E-state index contributed by atoms with van der Waals surface area (Å²) >= 11 is 0. The number of aryl methyl sites for hydroxylation is 1. The number of imidazole rings is 1. The first kappa shape index (κ1) is 36.2. The zero-order valence-electron chi connectivity index (χ0n) is 26.8. The maximum absolute atomic E-state index is 13.4. The molecular weight excluding hydrogens is 500 g/mol. The average Bonchev–Trinajstić information content (AvgIpc) is 3.43. The van der Waals surface area contributed by atoms with Crippen LogP contribution in [0.4, 0.5) is 0 Å². The summed E-state index contributed by atoms with van der Waals surface area (Å²) in [5.74, 6) is 0.886. The van der Waals surface area contributed by atoms with Gasteiger partial charge in [-0.15, -0.1) is 0 Å². The van der Waals surface area contributed by atoms with Crippen LogP contribution in [0.15, 0.2) is 12.4 Å². The fourth-order valence-corrected chi connectivity index (χ4v) is 5.23. The lowest BCUT2D eigenvalue weighted by Crippen LogP contribution is -2.28. The molecule has 6 heteroatoms. The van der Waals surface area contributed by atoms with E-state index in [1.165, 1.54) is 44.9 Å². The van der Waals surface area contributed by atoms with Crippen molar-refractivity contribution in [1.82, 2.24) is 9.55 Å². The van der Waals surface area contributed by atoms with Crippen LogP contribution in [0.5, 0.6) is 0 Å². The molecule has 3 atom stereocenters. The van der Waals surface area contributed by atoms with Gasteiger partial charge in [-0.05, 0) is 31.1 Å². The van der Waals surface area contributed by atoms with Gasteiger partial charge in [0.15, 0.2) is 0 Å². The first-order chi connectivity index (χ1) is 19.5. The SMILES string of the molecule is CCCCCCCCCCCc1nccn1C(CC(=O)OCC(CC)CCCC)C(=O)OCC(CC)CCCC. The molecule has 0 saturated heterocycles. The molecule has 0 aliphatic heterocycles. The normalized spacial score (nSPS) is 13.6. The lowest BCUT2D eigenvalue weighted by molar-refractivity contribution is -0.156. The van der Waals surface area contributed by atoms with Gasteiger partial charge in [-0.25, -0.2) is 9.78 Å². The van der Waals surface area contributed by atoms with E-state index in [2.05, 4.69) is 39.6 Å². The highest BCUT2D eigenvalue weighted by atomic mass is 16.5. The first-order valence-corrected chi connectivity index (χ1v) is 16.8. The van der Waals surface area contributed by atoms with Crippen molar-refractivity contribution in [2.24, 2.45) is 11.8 Å². The van der Waals surface area contributed by atoms with Crippen LogP contribution in [0.2, 0.25) is 0 Å². The molecule has 0 aliphatic rings. The molecule has 0 bridgehead atoms. The molecule has 0 saturated carbocycles. The number of rotatable bonds is 26. The highest BCUT2D eigenvalue weighted by Crippen LogP contribution is 2.22. The summed E-state index contributed by atoms with van der Waals surface area (Å²) in [5.41, 5.74) is 0. The van der Waals surface area contributed by atoms with Gasteiger partial charge in [-0.3, -0.25) is 4.79 Å². The fourth-order valence-electron chi connectivity index (χ4n) is 5.23. The monoisotopic (exact) mass is 562 g/mol. The van der Waals surface area contributed by atoms with Gasteiger partial charge in [-0.1, -0.05) is 125 Å². The molecule has 0 aromatic carbocycles. The zero-order chi connectivity index (χ0) is 29.4. The third-order valence-corrected chi connectivity index (χ3v) is 8.25. The Morgan fingerprint density at radius 3 is 1.80 bits per heavy atom. The van der Waals surface area contributed by atoms with Crippen LogP contribution >= 0.6 is 0 Å². The van der Waals surface area contributed by atoms with Crippen molar-refractivity contribution in [1.29, 1.82) is 0 Å². The highest BCUT2D eigenvalue weighted by molar-refractivity contribution is 5.81. The summed E-state index contributed by atoms with van der Waals surface area (Å²) < 4.78 is 13.4. The van der Waals surface area contributed by atoms with Gasteiger partial charge >= 0.3 is 11.9 Å².